The number of rotatable bonds is 5. The van der Waals surface area contributed by atoms with E-state index in [0.29, 0.717) is 29.9 Å². The first-order valence-electron chi connectivity index (χ1n) is 9.49. The van der Waals surface area contributed by atoms with Gasteiger partial charge in [-0.1, -0.05) is 42.3 Å². The van der Waals surface area contributed by atoms with Crippen LogP contribution in [0.1, 0.15) is 24.8 Å². The molecule has 2 heterocycles. The number of fused-ring (bicyclic) bond motifs is 1. The van der Waals surface area contributed by atoms with Crippen LogP contribution < -0.4 is 0 Å². The van der Waals surface area contributed by atoms with Crippen LogP contribution in [-0.2, 0) is 21.2 Å². The number of H-pyrrole nitrogens is 1. The summed E-state index contributed by atoms with van der Waals surface area (Å²) < 4.78 is 27.8. The Morgan fingerprint density at radius 1 is 1.10 bits per heavy atom. The lowest BCUT2D eigenvalue weighted by atomic mass is 10.0. The number of benzene rings is 2. The molecule has 1 aliphatic heterocycles. The molecule has 8 heteroatoms. The van der Waals surface area contributed by atoms with Crippen LogP contribution in [0, 0.1) is 0 Å². The van der Waals surface area contributed by atoms with Gasteiger partial charge in [0.2, 0.25) is 10.0 Å². The van der Waals surface area contributed by atoms with Crippen molar-refractivity contribution in [2.24, 2.45) is 0 Å². The minimum absolute atomic E-state index is 0.0542. The van der Waals surface area contributed by atoms with E-state index in [-0.39, 0.29) is 16.3 Å². The summed E-state index contributed by atoms with van der Waals surface area (Å²) in [5, 5.41) is 10.3. The third kappa shape index (κ3) is 3.77. The first kappa shape index (κ1) is 19.9. The first-order valence-corrected chi connectivity index (χ1v) is 11.3. The van der Waals surface area contributed by atoms with Crippen molar-refractivity contribution in [2.75, 3.05) is 13.1 Å². The molecule has 1 saturated heterocycles. The maximum atomic E-state index is 13.2. The lowest BCUT2D eigenvalue weighted by Gasteiger charge is -2.26. The number of nitrogens with zero attached hydrogens (tertiary/aromatic N) is 1. The summed E-state index contributed by atoms with van der Waals surface area (Å²) in [5.74, 6) is -0.953. The fraction of sp³-hybridized carbons (Fsp3) is 0.286. The van der Waals surface area contributed by atoms with Gasteiger partial charge >= 0.3 is 5.97 Å². The van der Waals surface area contributed by atoms with Crippen molar-refractivity contribution in [3.63, 3.8) is 0 Å². The third-order valence-electron chi connectivity index (χ3n) is 5.29. The zero-order valence-electron chi connectivity index (χ0n) is 15.7. The summed E-state index contributed by atoms with van der Waals surface area (Å²) in [6, 6.07) is 12.3. The number of sulfonamides is 1. The number of carbonyl (C=O) groups is 1. The van der Waals surface area contributed by atoms with Gasteiger partial charge in [0.25, 0.3) is 0 Å². The minimum atomic E-state index is -3.72. The Labute approximate surface area is 174 Å². The molecule has 0 spiro atoms. The highest BCUT2D eigenvalue weighted by Gasteiger charge is 2.29. The molecule has 2 N–H and O–H groups in total. The molecule has 4 rings (SSSR count). The van der Waals surface area contributed by atoms with Gasteiger partial charge in [-0.2, -0.15) is 4.31 Å². The fourth-order valence-electron chi connectivity index (χ4n) is 3.88. The van der Waals surface area contributed by atoms with E-state index in [1.165, 1.54) is 4.31 Å². The second kappa shape index (κ2) is 7.82. The number of aromatic nitrogens is 1. The van der Waals surface area contributed by atoms with Crippen LogP contribution in [0.25, 0.3) is 22.2 Å². The number of hydrogen-bond acceptors (Lipinski definition) is 3. The summed E-state index contributed by atoms with van der Waals surface area (Å²) >= 11 is 6.28. The first-order chi connectivity index (χ1) is 13.9. The van der Waals surface area contributed by atoms with Gasteiger partial charge in [-0.3, -0.25) is 4.79 Å². The predicted octanol–water partition coefficient (Wildman–Crippen LogP) is 4.29. The van der Waals surface area contributed by atoms with Gasteiger partial charge in [-0.15, -0.1) is 0 Å². The van der Waals surface area contributed by atoms with Crippen molar-refractivity contribution in [3.05, 3.63) is 53.1 Å². The van der Waals surface area contributed by atoms with Gasteiger partial charge in [0.05, 0.1) is 17.1 Å². The molecule has 0 radical (unpaired) electrons. The van der Waals surface area contributed by atoms with Gasteiger partial charge in [0.15, 0.2) is 0 Å². The number of para-hydroxylation sites is 1. The molecule has 2 aromatic carbocycles. The molecule has 6 nitrogen and oxygen atoms in total. The van der Waals surface area contributed by atoms with Crippen molar-refractivity contribution < 1.29 is 18.3 Å². The number of hydrogen-bond donors (Lipinski definition) is 2. The maximum Gasteiger partial charge on any atom is 0.307 e. The van der Waals surface area contributed by atoms with Gasteiger partial charge < -0.3 is 10.1 Å². The van der Waals surface area contributed by atoms with Crippen molar-refractivity contribution in [1.82, 2.24) is 9.29 Å². The van der Waals surface area contributed by atoms with Crippen LogP contribution in [0.4, 0.5) is 0 Å². The Hall–Kier alpha value is -2.35. The van der Waals surface area contributed by atoms with Crippen molar-refractivity contribution in [3.8, 4) is 11.3 Å². The van der Waals surface area contributed by atoms with Gasteiger partial charge in [-0.25, -0.2) is 8.42 Å². The Morgan fingerprint density at radius 2 is 1.83 bits per heavy atom. The average molecular weight is 433 g/mol. The molecule has 152 valence electrons. The van der Waals surface area contributed by atoms with Crippen LogP contribution in [-0.4, -0.2) is 41.9 Å². The number of piperidine rings is 1. The molecule has 0 amide bonds. The molecule has 3 aromatic rings. The standard InChI is InChI=1S/C21H21ClN2O4S/c22-17-9-8-14(12-19(17)29(27,28)24-10-4-1-5-11-24)21-16(13-20(25)26)15-6-2-3-7-18(15)23-21/h2-3,6-9,12,23H,1,4-5,10-11,13H2,(H,25,26). The smallest absolute Gasteiger partial charge is 0.307 e. The van der Waals surface area contributed by atoms with Gasteiger partial charge in [0, 0.05) is 24.0 Å². The number of aromatic amines is 1. The average Bonchev–Trinajstić information content (AvgIpc) is 3.07. The highest BCUT2D eigenvalue weighted by Crippen LogP contribution is 2.35. The Bertz CT molecular complexity index is 1180. The maximum absolute atomic E-state index is 13.2. The van der Waals surface area contributed by atoms with E-state index in [1.807, 2.05) is 24.3 Å². The normalized spacial score (nSPS) is 15.6. The highest BCUT2D eigenvalue weighted by atomic mass is 35.5. The SMILES string of the molecule is O=C(O)Cc1c(-c2ccc(Cl)c(S(=O)(=O)N3CCCCC3)c2)[nH]c2ccccc12. The molecule has 0 unspecified atom stereocenters. The third-order valence-corrected chi connectivity index (χ3v) is 7.67. The number of carboxylic acid groups (broad SMARTS) is 1. The zero-order valence-corrected chi connectivity index (χ0v) is 17.3. The van der Waals surface area contributed by atoms with E-state index in [0.717, 1.165) is 30.2 Å². The summed E-state index contributed by atoms with van der Waals surface area (Å²) in [6.45, 7) is 0.971. The van der Waals surface area contributed by atoms with Crippen LogP contribution >= 0.6 is 11.6 Å². The summed E-state index contributed by atoms with van der Waals surface area (Å²) in [7, 11) is -3.72. The molecule has 0 bridgehead atoms. The number of nitrogens with one attached hydrogen (secondary N) is 1. The van der Waals surface area contributed by atoms with E-state index >= 15 is 0 Å². The molecule has 1 aromatic heterocycles. The lowest BCUT2D eigenvalue weighted by molar-refractivity contribution is -0.136. The molecule has 1 aliphatic rings. The van der Waals surface area contributed by atoms with E-state index < -0.39 is 16.0 Å². The summed E-state index contributed by atoms with van der Waals surface area (Å²) in [4.78, 5) is 14.7. The molecule has 0 atom stereocenters. The number of aliphatic carboxylic acids is 1. The summed E-state index contributed by atoms with van der Waals surface area (Å²) in [6.07, 6.45) is 2.52. The second-order valence-corrected chi connectivity index (χ2v) is 9.52. The molecule has 1 fully saturated rings. The number of halogens is 1. The lowest BCUT2D eigenvalue weighted by Crippen LogP contribution is -2.35. The van der Waals surface area contributed by atoms with E-state index in [4.69, 9.17) is 11.6 Å². The predicted molar refractivity (Wildman–Crippen MR) is 113 cm³/mol. The van der Waals surface area contributed by atoms with E-state index in [9.17, 15) is 18.3 Å². The molecular formula is C21H21ClN2O4S. The summed E-state index contributed by atoms with van der Waals surface area (Å²) in [5.41, 5.74) is 2.61. The highest BCUT2D eigenvalue weighted by molar-refractivity contribution is 7.89. The molecular weight excluding hydrogens is 412 g/mol. The monoisotopic (exact) mass is 432 g/mol. The van der Waals surface area contributed by atoms with E-state index in [1.54, 1.807) is 18.2 Å². The minimum Gasteiger partial charge on any atom is -0.481 e. The van der Waals surface area contributed by atoms with Gasteiger partial charge in [-0.05, 0) is 42.2 Å². The van der Waals surface area contributed by atoms with Crippen LogP contribution in [0.2, 0.25) is 5.02 Å². The largest absolute Gasteiger partial charge is 0.481 e. The van der Waals surface area contributed by atoms with Crippen molar-refractivity contribution in [1.29, 1.82) is 0 Å². The Balaban J connectivity index is 1.85. The zero-order chi connectivity index (χ0) is 20.6. The molecule has 0 saturated carbocycles. The van der Waals surface area contributed by atoms with Crippen LogP contribution in [0.3, 0.4) is 0 Å². The Kier molecular flexibility index (Phi) is 5.38. The van der Waals surface area contributed by atoms with Gasteiger partial charge in [0.1, 0.15) is 4.90 Å². The van der Waals surface area contributed by atoms with Crippen LogP contribution in [0.5, 0.6) is 0 Å². The number of carboxylic acids is 1. The second-order valence-electron chi connectivity index (χ2n) is 7.20. The fourth-order valence-corrected chi connectivity index (χ4v) is 5.90. The Morgan fingerprint density at radius 3 is 2.55 bits per heavy atom. The topological polar surface area (TPSA) is 90.5 Å². The van der Waals surface area contributed by atoms with Crippen LogP contribution in [0.15, 0.2) is 47.4 Å². The van der Waals surface area contributed by atoms with E-state index in [2.05, 4.69) is 4.98 Å². The van der Waals surface area contributed by atoms with Crippen molar-refractivity contribution in [2.45, 2.75) is 30.6 Å². The quantitative estimate of drug-likeness (QED) is 0.629. The molecule has 29 heavy (non-hydrogen) atoms. The molecule has 0 aliphatic carbocycles. The van der Waals surface area contributed by atoms with Crippen molar-refractivity contribution >= 4 is 38.5 Å².